The number of anilines is 2. The van der Waals surface area contributed by atoms with E-state index in [1.54, 1.807) is 12.1 Å². The van der Waals surface area contributed by atoms with E-state index in [1.807, 2.05) is 30.3 Å². The molecule has 0 bridgehead atoms. The molecule has 116 valence electrons. The highest BCUT2D eigenvalue weighted by Crippen LogP contribution is 2.28. The van der Waals surface area contributed by atoms with Gasteiger partial charge >= 0.3 is 0 Å². The van der Waals surface area contributed by atoms with E-state index < -0.39 is 26.5 Å². The third-order valence-electron chi connectivity index (χ3n) is 3.40. The number of para-hydroxylation sites is 1. The minimum absolute atomic E-state index is 0.223. The van der Waals surface area contributed by atoms with E-state index in [-0.39, 0.29) is 5.56 Å². The van der Waals surface area contributed by atoms with Gasteiger partial charge in [0.25, 0.3) is 10.1 Å². The van der Waals surface area contributed by atoms with Crippen molar-refractivity contribution >= 4 is 39.1 Å². The first-order valence-electron chi connectivity index (χ1n) is 6.65. The zero-order valence-electron chi connectivity index (χ0n) is 11.8. The summed E-state index contributed by atoms with van der Waals surface area (Å²) in [7, 11) is -4.63. The van der Waals surface area contributed by atoms with Crippen LogP contribution in [0, 0.1) is 5.41 Å². The number of rotatable bonds is 3. The van der Waals surface area contributed by atoms with Gasteiger partial charge in [-0.3, -0.25) is 14.8 Å². The summed E-state index contributed by atoms with van der Waals surface area (Å²) >= 11 is 0. The van der Waals surface area contributed by atoms with Crippen LogP contribution in [0.4, 0.5) is 11.4 Å². The van der Waals surface area contributed by atoms with Crippen LogP contribution >= 0.6 is 0 Å². The van der Waals surface area contributed by atoms with E-state index in [2.05, 4.69) is 5.32 Å². The van der Waals surface area contributed by atoms with Crippen molar-refractivity contribution in [3.8, 4) is 0 Å². The summed E-state index contributed by atoms with van der Waals surface area (Å²) in [5.74, 6) is -0.735. The average molecular weight is 328 g/mol. The topological polar surface area (TPSA) is 107 Å². The van der Waals surface area contributed by atoms with Gasteiger partial charge in [-0.2, -0.15) is 8.42 Å². The molecule has 7 heteroatoms. The van der Waals surface area contributed by atoms with Crippen LogP contribution in [0.15, 0.2) is 53.4 Å². The molecule has 6 nitrogen and oxygen atoms in total. The molecule has 2 aromatic rings. The predicted molar refractivity (Wildman–Crippen MR) is 87.7 cm³/mol. The van der Waals surface area contributed by atoms with Gasteiger partial charge in [0, 0.05) is 16.9 Å². The summed E-state index contributed by atoms with van der Waals surface area (Å²) in [6.07, 6.45) is 1.13. The van der Waals surface area contributed by atoms with E-state index in [0.29, 0.717) is 11.3 Å². The lowest BCUT2D eigenvalue weighted by Crippen LogP contribution is -2.25. The predicted octanol–water partition coefficient (Wildman–Crippen LogP) is 2.87. The van der Waals surface area contributed by atoms with Gasteiger partial charge in [0.05, 0.1) is 0 Å². The highest BCUT2D eigenvalue weighted by Gasteiger charge is 2.31. The van der Waals surface area contributed by atoms with Crippen LogP contribution in [0.1, 0.15) is 15.9 Å². The fraction of sp³-hybridized carbons (Fsp3) is 0. The number of nitrogens with one attached hydrogen (secondary N) is 2. The van der Waals surface area contributed by atoms with Crippen molar-refractivity contribution in [2.45, 2.75) is 0 Å². The maximum absolute atomic E-state index is 12.1. The van der Waals surface area contributed by atoms with Crippen molar-refractivity contribution in [3.63, 3.8) is 0 Å². The van der Waals surface area contributed by atoms with Gasteiger partial charge in [0.1, 0.15) is 10.6 Å². The Hall–Kier alpha value is -2.77. The van der Waals surface area contributed by atoms with E-state index in [9.17, 15) is 13.2 Å². The number of fused-ring (bicyclic) bond motifs is 1. The summed E-state index contributed by atoms with van der Waals surface area (Å²) in [5, 5.41) is 10.7. The fourth-order valence-corrected chi connectivity index (χ4v) is 2.94. The van der Waals surface area contributed by atoms with Crippen LogP contribution in [0.25, 0.3) is 6.08 Å². The fourth-order valence-electron chi connectivity index (χ4n) is 2.32. The molecule has 3 rings (SSSR count). The van der Waals surface area contributed by atoms with Gasteiger partial charge in [-0.15, -0.1) is 0 Å². The van der Waals surface area contributed by atoms with E-state index in [0.717, 1.165) is 11.8 Å². The second-order valence-corrected chi connectivity index (χ2v) is 6.37. The van der Waals surface area contributed by atoms with E-state index in [4.69, 9.17) is 9.96 Å². The Bertz CT molecular complexity index is 947. The molecular weight excluding hydrogens is 316 g/mol. The molecule has 0 radical (unpaired) electrons. The molecule has 0 atom stereocenters. The highest BCUT2D eigenvalue weighted by molar-refractivity contribution is 7.91. The van der Waals surface area contributed by atoms with Crippen molar-refractivity contribution in [3.05, 3.63) is 64.6 Å². The van der Waals surface area contributed by atoms with Crippen LogP contribution in [-0.4, -0.2) is 24.5 Å². The first kappa shape index (κ1) is 15.1. The third-order valence-corrected chi connectivity index (χ3v) is 4.27. The standard InChI is InChI=1S/C16H12N2O4S/c17-15-14(23(20,21)22)9-10-8-12(6-7-13(10)16(15)19)18-11-4-2-1-3-5-11/h1-9,17-18H,(H,20,21,22). The minimum Gasteiger partial charge on any atom is -0.356 e. The van der Waals surface area contributed by atoms with Gasteiger partial charge in [-0.05, 0) is 42.0 Å². The lowest BCUT2D eigenvalue weighted by atomic mass is 9.94. The largest absolute Gasteiger partial charge is 0.356 e. The number of hydrogen-bond acceptors (Lipinski definition) is 5. The van der Waals surface area contributed by atoms with E-state index >= 15 is 0 Å². The highest BCUT2D eigenvalue weighted by atomic mass is 32.2. The lowest BCUT2D eigenvalue weighted by molar-refractivity contribution is 0.106. The lowest BCUT2D eigenvalue weighted by Gasteiger charge is -2.16. The molecule has 0 unspecified atom stereocenters. The second kappa shape index (κ2) is 5.45. The van der Waals surface area contributed by atoms with Gasteiger partial charge < -0.3 is 5.32 Å². The number of carbonyl (C=O) groups is 1. The van der Waals surface area contributed by atoms with Crippen molar-refractivity contribution < 1.29 is 17.8 Å². The van der Waals surface area contributed by atoms with E-state index in [1.165, 1.54) is 6.07 Å². The third kappa shape index (κ3) is 2.92. The van der Waals surface area contributed by atoms with Crippen molar-refractivity contribution in [2.75, 3.05) is 5.32 Å². The molecule has 0 heterocycles. The zero-order chi connectivity index (χ0) is 16.6. The molecule has 0 spiro atoms. The van der Waals surface area contributed by atoms with Crippen LogP contribution < -0.4 is 5.32 Å². The Labute approximate surface area is 132 Å². The normalized spacial score (nSPS) is 14.2. The quantitative estimate of drug-likeness (QED) is 0.751. The van der Waals surface area contributed by atoms with Crippen molar-refractivity contribution in [1.82, 2.24) is 0 Å². The number of Topliss-reactive ketones (excluding diaryl/α,β-unsaturated/α-hetero) is 1. The van der Waals surface area contributed by atoms with Gasteiger partial charge in [0.15, 0.2) is 0 Å². The number of hydrogen-bond donors (Lipinski definition) is 3. The number of ketones is 1. The SMILES string of the molecule is N=C1C(=O)c2ccc(Nc3ccccc3)cc2C=C1S(=O)(=O)O. The molecule has 0 fully saturated rings. The monoisotopic (exact) mass is 328 g/mol. The first-order valence-corrected chi connectivity index (χ1v) is 8.09. The Morgan fingerprint density at radius 3 is 2.35 bits per heavy atom. The molecule has 2 aromatic carbocycles. The maximum atomic E-state index is 12.1. The Morgan fingerprint density at radius 2 is 1.70 bits per heavy atom. The summed E-state index contributed by atoms with van der Waals surface area (Å²) < 4.78 is 31.8. The Balaban J connectivity index is 2.06. The average Bonchev–Trinajstić information content (AvgIpc) is 2.50. The number of carbonyl (C=O) groups excluding carboxylic acids is 1. The molecule has 0 amide bonds. The minimum atomic E-state index is -4.63. The van der Waals surface area contributed by atoms with Crippen LogP contribution in [0.2, 0.25) is 0 Å². The van der Waals surface area contributed by atoms with Gasteiger partial charge in [-0.1, -0.05) is 18.2 Å². The molecule has 0 aromatic heterocycles. The van der Waals surface area contributed by atoms with Crippen molar-refractivity contribution in [2.24, 2.45) is 0 Å². The molecule has 0 saturated heterocycles. The number of allylic oxidation sites excluding steroid dienone is 1. The molecule has 3 N–H and O–H groups in total. The number of benzene rings is 2. The molecule has 1 aliphatic rings. The zero-order valence-corrected chi connectivity index (χ0v) is 12.6. The van der Waals surface area contributed by atoms with Gasteiger partial charge in [0.2, 0.25) is 5.78 Å². The molecular formula is C16H12N2O4S. The summed E-state index contributed by atoms with van der Waals surface area (Å²) in [6.45, 7) is 0. The summed E-state index contributed by atoms with van der Waals surface area (Å²) in [6, 6.07) is 14.1. The Morgan fingerprint density at radius 1 is 1.00 bits per heavy atom. The van der Waals surface area contributed by atoms with Crippen LogP contribution in [-0.2, 0) is 10.1 Å². The Kier molecular flexibility index (Phi) is 3.59. The molecule has 1 aliphatic carbocycles. The molecule has 23 heavy (non-hydrogen) atoms. The second-order valence-electron chi connectivity index (χ2n) is 4.98. The maximum Gasteiger partial charge on any atom is 0.296 e. The molecule has 0 saturated carbocycles. The van der Waals surface area contributed by atoms with Crippen LogP contribution in [0.5, 0.6) is 0 Å². The van der Waals surface area contributed by atoms with Crippen molar-refractivity contribution in [1.29, 1.82) is 5.41 Å². The summed E-state index contributed by atoms with van der Waals surface area (Å²) in [5.41, 5.74) is 1.31. The summed E-state index contributed by atoms with van der Waals surface area (Å²) in [4.78, 5) is 11.4. The van der Waals surface area contributed by atoms with Gasteiger partial charge in [-0.25, -0.2) is 0 Å². The molecule has 0 aliphatic heterocycles. The smallest absolute Gasteiger partial charge is 0.296 e. The first-order chi connectivity index (χ1) is 10.9. The van der Waals surface area contributed by atoms with Crippen LogP contribution in [0.3, 0.4) is 0 Å².